The molecule has 2 aromatic carbocycles. The van der Waals surface area contributed by atoms with Gasteiger partial charge in [-0.05, 0) is 75.3 Å². The SMILES string of the molecule is Cc1cc(-c2ccccc2)cc(C(=O)CNS(=O)(=O)CC2CCCN(C(=O)OC(C)(C)C)C2)c1F. The van der Waals surface area contributed by atoms with Crippen LogP contribution in [-0.2, 0) is 14.8 Å². The predicted molar refractivity (Wildman–Crippen MR) is 133 cm³/mol. The quantitative estimate of drug-likeness (QED) is 0.559. The zero-order valence-electron chi connectivity index (χ0n) is 20.6. The number of rotatable bonds is 7. The van der Waals surface area contributed by atoms with E-state index in [1.54, 1.807) is 33.8 Å². The van der Waals surface area contributed by atoms with E-state index in [1.807, 2.05) is 30.3 Å². The molecule has 1 heterocycles. The summed E-state index contributed by atoms with van der Waals surface area (Å²) in [6.45, 7) is 7.12. The van der Waals surface area contributed by atoms with Gasteiger partial charge in [0, 0.05) is 13.1 Å². The summed E-state index contributed by atoms with van der Waals surface area (Å²) in [5.74, 6) is -1.82. The molecule has 35 heavy (non-hydrogen) atoms. The van der Waals surface area contributed by atoms with E-state index in [0.29, 0.717) is 30.5 Å². The lowest BCUT2D eigenvalue weighted by Crippen LogP contribution is -2.45. The monoisotopic (exact) mass is 504 g/mol. The molecule has 1 fully saturated rings. The van der Waals surface area contributed by atoms with Crippen molar-refractivity contribution in [2.45, 2.75) is 46.1 Å². The first kappa shape index (κ1) is 26.8. The van der Waals surface area contributed by atoms with Crippen molar-refractivity contribution in [3.63, 3.8) is 0 Å². The van der Waals surface area contributed by atoms with E-state index >= 15 is 0 Å². The lowest BCUT2D eigenvalue weighted by molar-refractivity contribution is 0.0176. The van der Waals surface area contributed by atoms with Crippen molar-refractivity contribution in [3.8, 4) is 11.1 Å². The second-order valence-corrected chi connectivity index (χ2v) is 11.8. The van der Waals surface area contributed by atoms with Gasteiger partial charge in [0.2, 0.25) is 10.0 Å². The average Bonchev–Trinajstić information content (AvgIpc) is 2.78. The molecule has 0 radical (unpaired) electrons. The zero-order chi connectivity index (χ0) is 25.8. The van der Waals surface area contributed by atoms with Gasteiger partial charge in [-0.25, -0.2) is 22.3 Å². The van der Waals surface area contributed by atoms with E-state index in [2.05, 4.69) is 4.72 Å². The molecule has 1 atom stereocenters. The van der Waals surface area contributed by atoms with Gasteiger partial charge in [-0.1, -0.05) is 30.3 Å². The molecular weight excluding hydrogens is 471 g/mol. The maximum absolute atomic E-state index is 14.7. The molecule has 7 nitrogen and oxygen atoms in total. The number of hydrogen-bond donors (Lipinski definition) is 1. The third kappa shape index (κ3) is 7.60. The van der Waals surface area contributed by atoms with Crippen molar-refractivity contribution < 1.29 is 27.1 Å². The summed E-state index contributed by atoms with van der Waals surface area (Å²) in [5.41, 5.74) is 1.03. The van der Waals surface area contributed by atoms with Crippen molar-refractivity contribution in [2.75, 3.05) is 25.4 Å². The number of likely N-dealkylation sites (tertiary alicyclic amines) is 1. The Balaban J connectivity index is 1.63. The average molecular weight is 505 g/mol. The Hall–Kier alpha value is -2.78. The third-order valence-corrected chi connectivity index (χ3v) is 7.23. The van der Waals surface area contributed by atoms with E-state index in [0.717, 1.165) is 5.56 Å². The minimum Gasteiger partial charge on any atom is -0.444 e. The Bertz CT molecular complexity index is 1180. The van der Waals surface area contributed by atoms with Crippen LogP contribution < -0.4 is 4.72 Å². The molecule has 1 aliphatic rings. The molecular formula is C26H33FN2O5S. The standard InChI is InChI=1S/C26H33FN2O5S/c1-18-13-21(20-10-6-5-7-11-20)14-22(24(18)27)23(30)15-28-35(32,33)17-19-9-8-12-29(16-19)25(31)34-26(2,3)4/h5-7,10-11,13-14,19,28H,8-9,12,15-17H2,1-4H3. The Labute approximate surface area is 206 Å². The van der Waals surface area contributed by atoms with Crippen LogP contribution in [-0.4, -0.2) is 56.2 Å². The Morgan fingerprint density at radius 3 is 2.49 bits per heavy atom. The molecule has 1 aliphatic heterocycles. The van der Waals surface area contributed by atoms with Crippen molar-refractivity contribution in [1.82, 2.24) is 9.62 Å². The van der Waals surface area contributed by atoms with Crippen LogP contribution >= 0.6 is 0 Å². The van der Waals surface area contributed by atoms with Gasteiger partial charge in [0.15, 0.2) is 5.78 Å². The number of nitrogens with zero attached hydrogens (tertiary/aromatic N) is 1. The number of ketones is 1. The number of halogens is 1. The molecule has 1 unspecified atom stereocenters. The second-order valence-electron chi connectivity index (χ2n) is 9.98. The summed E-state index contributed by atoms with van der Waals surface area (Å²) in [6.07, 6.45) is 0.836. The Kier molecular flexibility index (Phi) is 8.33. The maximum Gasteiger partial charge on any atom is 0.410 e. The summed E-state index contributed by atoms with van der Waals surface area (Å²) in [5, 5.41) is 0. The minimum absolute atomic E-state index is 0.152. The lowest BCUT2D eigenvalue weighted by atomic mass is 9.98. The Morgan fingerprint density at radius 2 is 1.83 bits per heavy atom. The number of benzene rings is 2. The fourth-order valence-electron chi connectivity index (χ4n) is 4.10. The first-order chi connectivity index (χ1) is 16.3. The summed E-state index contributed by atoms with van der Waals surface area (Å²) in [4.78, 5) is 26.6. The molecule has 0 aromatic heterocycles. The summed E-state index contributed by atoms with van der Waals surface area (Å²) >= 11 is 0. The fourth-order valence-corrected chi connectivity index (χ4v) is 5.46. The van der Waals surface area contributed by atoms with Crippen molar-refractivity contribution in [1.29, 1.82) is 0 Å². The smallest absolute Gasteiger partial charge is 0.410 e. The number of ether oxygens (including phenoxy) is 1. The molecule has 3 rings (SSSR count). The summed E-state index contributed by atoms with van der Waals surface area (Å²) < 4.78 is 47.8. The van der Waals surface area contributed by atoms with Crippen molar-refractivity contribution >= 4 is 21.9 Å². The number of amides is 1. The number of carbonyl (C=O) groups is 2. The van der Waals surface area contributed by atoms with Gasteiger partial charge in [0.25, 0.3) is 0 Å². The Morgan fingerprint density at radius 1 is 1.14 bits per heavy atom. The molecule has 0 aliphatic carbocycles. The number of nitrogens with one attached hydrogen (secondary N) is 1. The number of sulfonamides is 1. The number of Topliss-reactive ketones (excluding diaryl/α,β-unsaturated/α-hetero) is 1. The van der Waals surface area contributed by atoms with E-state index in [-0.39, 0.29) is 23.8 Å². The fraction of sp³-hybridized carbons (Fsp3) is 0.462. The molecule has 0 bridgehead atoms. The van der Waals surface area contributed by atoms with Crippen LogP contribution in [0.3, 0.4) is 0 Å². The highest BCUT2D eigenvalue weighted by molar-refractivity contribution is 7.89. The molecule has 2 aromatic rings. The first-order valence-corrected chi connectivity index (χ1v) is 13.3. The molecule has 1 N–H and O–H groups in total. The maximum atomic E-state index is 14.7. The highest BCUT2D eigenvalue weighted by Gasteiger charge is 2.30. The molecule has 9 heteroatoms. The topological polar surface area (TPSA) is 92.8 Å². The van der Waals surface area contributed by atoms with Gasteiger partial charge in [0.05, 0.1) is 17.9 Å². The van der Waals surface area contributed by atoms with Crippen molar-refractivity contribution in [2.24, 2.45) is 5.92 Å². The summed E-state index contributed by atoms with van der Waals surface area (Å²) in [6, 6.07) is 12.4. The van der Waals surface area contributed by atoms with Crippen LogP contribution in [0.4, 0.5) is 9.18 Å². The van der Waals surface area contributed by atoms with Crippen LogP contribution in [0.1, 0.15) is 49.5 Å². The predicted octanol–water partition coefficient (Wildman–Crippen LogP) is 4.55. The van der Waals surface area contributed by atoms with Crippen LogP contribution in [0.25, 0.3) is 11.1 Å². The highest BCUT2D eigenvalue weighted by atomic mass is 32.2. The van der Waals surface area contributed by atoms with Crippen LogP contribution in [0.2, 0.25) is 0 Å². The third-order valence-electron chi connectivity index (χ3n) is 5.74. The van der Waals surface area contributed by atoms with Gasteiger partial charge in [-0.3, -0.25) is 4.79 Å². The first-order valence-electron chi connectivity index (χ1n) is 11.7. The van der Waals surface area contributed by atoms with Gasteiger partial charge in [0.1, 0.15) is 11.4 Å². The van der Waals surface area contributed by atoms with E-state index in [9.17, 15) is 22.4 Å². The summed E-state index contributed by atoms with van der Waals surface area (Å²) in [7, 11) is -3.83. The molecule has 0 spiro atoms. The molecule has 0 saturated carbocycles. The largest absolute Gasteiger partial charge is 0.444 e. The number of piperidine rings is 1. The van der Waals surface area contributed by atoms with Crippen molar-refractivity contribution in [3.05, 3.63) is 59.4 Å². The van der Waals surface area contributed by atoms with Gasteiger partial charge in [-0.15, -0.1) is 0 Å². The normalized spacial score (nSPS) is 16.7. The van der Waals surface area contributed by atoms with Crippen LogP contribution in [0, 0.1) is 18.7 Å². The molecule has 1 saturated heterocycles. The zero-order valence-corrected chi connectivity index (χ0v) is 21.5. The minimum atomic E-state index is -3.83. The second kappa shape index (κ2) is 10.9. The lowest BCUT2D eigenvalue weighted by Gasteiger charge is -2.34. The number of carbonyl (C=O) groups excluding carboxylic acids is 2. The molecule has 1 amide bonds. The van der Waals surface area contributed by atoms with Crippen LogP contribution in [0.5, 0.6) is 0 Å². The van der Waals surface area contributed by atoms with Crippen LogP contribution in [0.15, 0.2) is 42.5 Å². The molecule has 190 valence electrons. The number of aryl methyl sites for hydroxylation is 1. The van der Waals surface area contributed by atoms with E-state index in [4.69, 9.17) is 4.74 Å². The number of hydrogen-bond acceptors (Lipinski definition) is 5. The van der Waals surface area contributed by atoms with Gasteiger partial charge >= 0.3 is 6.09 Å². The van der Waals surface area contributed by atoms with E-state index in [1.165, 1.54) is 11.0 Å². The highest BCUT2D eigenvalue weighted by Crippen LogP contribution is 2.25. The van der Waals surface area contributed by atoms with E-state index < -0.39 is 39.9 Å². The van der Waals surface area contributed by atoms with Gasteiger partial charge < -0.3 is 9.64 Å². The van der Waals surface area contributed by atoms with Gasteiger partial charge in [-0.2, -0.15) is 0 Å².